The van der Waals surface area contributed by atoms with Crippen molar-refractivity contribution in [3.8, 4) is 0 Å². The Morgan fingerprint density at radius 2 is 2.06 bits per heavy atom. The van der Waals surface area contributed by atoms with Gasteiger partial charge in [0.15, 0.2) is 0 Å². The van der Waals surface area contributed by atoms with E-state index in [1.807, 2.05) is 30.6 Å². The van der Waals surface area contributed by atoms with Crippen molar-refractivity contribution in [3.63, 3.8) is 0 Å². The van der Waals surface area contributed by atoms with Crippen LogP contribution in [-0.2, 0) is 0 Å². The van der Waals surface area contributed by atoms with Gasteiger partial charge in [-0.1, -0.05) is 23.7 Å². The molecule has 0 amide bonds. The predicted octanol–water partition coefficient (Wildman–Crippen LogP) is 4.29. The van der Waals surface area contributed by atoms with E-state index in [0.717, 1.165) is 16.5 Å². The minimum Gasteiger partial charge on any atom is -0.349 e. The first-order valence-corrected chi connectivity index (χ1v) is 6.50. The first-order valence-electron chi connectivity index (χ1n) is 6.12. The van der Waals surface area contributed by atoms with Crippen molar-refractivity contribution in [2.75, 3.05) is 5.32 Å². The first-order chi connectivity index (χ1) is 8.58. The molecule has 0 bridgehead atoms. The fourth-order valence-electron chi connectivity index (χ4n) is 1.89. The summed E-state index contributed by atoms with van der Waals surface area (Å²) in [6, 6.07) is 8.44. The zero-order valence-corrected chi connectivity index (χ0v) is 11.6. The molecule has 1 aromatic heterocycles. The average Bonchev–Trinajstić information content (AvgIpc) is 2.77. The Morgan fingerprint density at radius 1 is 1.28 bits per heavy atom. The summed E-state index contributed by atoms with van der Waals surface area (Å²) < 4.78 is 2.11. The second-order valence-electron chi connectivity index (χ2n) is 4.67. The van der Waals surface area contributed by atoms with Gasteiger partial charge in [-0.2, -0.15) is 0 Å². The van der Waals surface area contributed by atoms with Crippen LogP contribution < -0.4 is 5.32 Å². The second kappa shape index (κ2) is 5.44. The number of nitrogens with zero attached hydrogens (tertiary/aromatic N) is 2. The van der Waals surface area contributed by atoms with E-state index < -0.39 is 0 Å². The number of hydrogen-bond donors (Lipinski definition) is 1. The fourth-order valence-corrected chi connectivity index (χ4v) is 2.09. The van der Waals surface area contributed by atoms with Gasteiger partial charge in [0.2, 0.25) is 5.95 Å². The maximum Gasteiger partial charge on any atom is 0.203 e. The molecule has 1 heterocycles. The van der Waals surface area contributed by atoms with Gasteiger partial charge >= 0.3 is 0 Å². The summed E-state index contributed by atoms with van der Waals surface area (Å²) in [6.07, 6.45) is 3.80. The number of rotatable bonds is 4. The van der Waals surface area contributed by atoms with Crippen LogP contribution in [-0.4, -0.2) is 9.55 Å². The molecule has 4 heteroatoms. The van der Waals surface area contributed by atoms with Crippen LogP contribution in [0.3, 0.4) is 0 Å². The summed E-state index contributed by atoms with van der Waals surface area (Å²) in [5.74, 6) is 0.887. The van der Waals surface area contributed by atoms with E-state index in [4.69, 9.17) is 11.6 Å². The van der Waals surface area contributed by atoms with Crippen LogP contribution in [0.1, 0.15) is 38.4 Å². The molecule has 2 rings (SSSR count). The summed E-state index contributed by atoms with van der Waals surface area (Å²) in [6.45, 7) is 6.37. The predicted molar refractivity (Wildman–Crippen MR) is 76.1 cm³/mol. The molecule has 18 heavy (non-hydrogen) atoms. The van der Waals surface area contributed by atoms with Crippen LogP contribution in [0.2, 0.25) is 5.02 Å². The molecule has 0 fully saturated rings. The molecule has 96 valence electrons. The van der Waals surface area contributed by atoms with Crippen LogP contribution in [0, 0.1) is 0 Å². The molecule has 2 aromatic rings. The summed E-state index contributed by atoms with van der Waals surface area (Å²) in [4.78, 5) is 4.34. The molecule has 0 aliphatic rings. The third kappa shape index (κ3) is 2.85. The lowest BCUT2D eigenvalue weighted by atomic mass is 10.1. The van der Waals surface area contributed by atoms with Gasteiger partial charge in [-0.3, -0.25) is 0 Å². The molecular weight excluding hydrogens is 246 g/mol. The number of aromatic nitrogens is 2. The third-order valence-electron chi connectivity index (χ3n) is 2.92. The summed E-state index contributed by atoms with van der Waals surface area (Å²) in [5.41, 5.74) is 1.15. The molecule has 0 aliphatic heterocycles. The van der Waals surface area contributed by atoms with E-state index in [1.54, 1.807) is 0 Å². The quantitative estimate of drug-likeness (QED) is 0.892. The molecule has 1 aromatic carbocycles. The van der Waals surface area contributed by atoms with Gasteiger partial charge in [-0.25, -0.2) is 4.98 Å². The zero-order valence-electron chi connectivity index (χ0n) is 10.9. The number of benzene rings is 1. The Kier molecular flexibility index (Phi) is 3.92. The van der Waals surface area contributed by atoms with E-state index in [2.05, 4.69) is 41.7 Å². The summed E-state index contributed by atoms with van der Waals surface area (Å²) >= 11 is 6.00. The highest BCUT2D eigenvalue weighted by molar-refractivity contribution is 6.30. The maximum absolute atomic E-state index is 6.00. The Hall–Kier alpha value is -1.48. The van der Waals surface area contributed by atoms with Gasteiger partial charge in [0.25, 0.3) is 0 Å². The lowest BCUT2D eigenvalue weighted by Gasteiger charge is -2.18. The van der Waals surface area contributed by atoms with Gasteiger partial charge in [0.05, 0.1) is 6.04 Å². The number of halogens is 1. The third-order valence-corrected chi connectivity index (χ3v) is 3.15. The SMILES string of the molecule is CC(Nc1nccn1C(C)C)c1cccc(Cl)c1. The fraction of sp³-hybridized carbons (Fsp3) is 0.357. The largest absolute Gasteiger partial charge is 0.349 e. The second-order valence-corrected chi connectivity index (χ2v) is 5.11. The van der Waals surface area contributed by atoms with Crippen LogP contribution in [0.25, 0.3) is 0 Å². The Labute approximate surface area is 113 Å². The van der Waals surface area contributed by atoms with Crippen molar-refractivity contribution in [3.05, 3.63) is 47.2 Å². The van der Waals surface area contributed by atoms with Crippen LogP contribution in [0.15, 0.2) is 36.7 Å². The molecule has 1 unspecified atom stereocenters. The number of hydrogen-bond acceptors (Lipinski definition) is 2. The van der Waals surface area contributed by atoms with Crippen molar-refractivity contribution in [2.24, 2.45) is 0 Å². The molecule has 1 atom stereocenters. The minimum atomic E-state index is 0.170. The molecule has 0 saturated heterocycles. The lowest BCUT2D eigenvalue weighted by Crippen LogP contribution is -2.12. The topological polar surface area (TPSA) is 29.9 Å². The monoisotopic (exact) mass is 263 g/mol. The van der Waals surface area contributed by atoms with Gasteiger partial charge < -0.3 is 9.88 Å². The highest BCUT2D eigenvalue weighted by Crippen LogP contribution is 2.22. The van der Waals surface area contributed by atoms with E-state index in [9.17, 15) is 0 Å². The number of imidazole rings is 1. The van der Waals surface area contributed by atoms with Crippen LogP contribution in [0.4, 0.5) is 5.95 Å². The van der Waals surface area contributed by atoms with Gasteiger partial charge in [0.1, 0.15) is 0 Å². The standard InChI is InChI=1S/C14H18ClN3/c1-10(2)18-8-7-16-14(18)17-11(3)12-5-4-6-13(15)9-12/h4-11H,1-3H3,(H,16,17). The molecule has 3 nitrogen and oxygen atoms in total. The van der Waals surface area contributed by atoms with Crippen LogP contribution in [0.5, 0.6) is 0 Å². The number of nitrogens with one attached hydrogen (secondary N) is 1. The van der Waals surface area contributed by atoms with E-state index in [-0.39, 0.29) is 6.04 Å². The van der Waals surface area contributed by atoms with Gasteiger partial charge in [-0.05, 0) is 38.5 Å². The lowest BCUT2D eigenvalue weighted by molar-refractivity contribution is 0.600. The Bertz CT molecular complexity index is 519. The van der Waals surface area contributed by atoms with Crippen molar-refractivity contribution >= 4 is 17.5 Å². The normalized spacial score (nSPS) is 12.7. The molecule has 1 N–H and O–H groups in total. The molecular formula is C14H18ClN3. The van der Waals surface area contributed by atoms with Crippen molar-refractivity contribution < 1.29 is 0 Å². The summed E-state index contributed by atoms with van der Waals surface area (Å²) in [5, 5.41) is 4.17. The molecule has 0 aliphatic carbocycles. The smallest absolute Gasteiger partial charge is 0.203 e. The summed E-state index contributed by atoms with van der Waals surface area (Å²) in [7, 11) is 0. The Balaban J connectivity index is 2.16. The van der Waals surface area contributed by atoms with E-state index in [0.29, 0.717) is 6.04 Å². The highest BCUT2D eigenvalue weighted by Gasteiger charge is 2.10. The highest BCUT2D eigenvalue weighted by atomic mass is 35.5. The van der Waals surface area contributed by atoms with Crippen molar-refractivity contribution in [2.45, 2.75) is 32.9 Å². The van der Waals surface area contributed by atoms with Gasteiger partial charge in [-0.15, -0.1) is 0 Å². The average molecular weight is 264 g/mol. The van der Waals surface area contributed by atoms with Crippen molar-refractivity contribution in [1.29, 1.82) is 0 Å². The number of anilines is 1. The van der Waals surface area contributed by atoms with Crippen LogP contribution >= 0.6 is 11.6 Å². The molecule has 0 radical (unpaired) electrons. The first kappa shape index (κ1) is 13.0. The van der Waals surface area contributed by atoms with E-state index in [1.165, 1.54) is 0 Å². The molecule has 0 spiro atoms. The maximum atomic E-state index is 6.00. The molecule has 0 saturated carbocycles. The zero-order chi connectivity index (χ0) is 13.1. The van der Waals surface area contributed by atoms with E-state index >= 15 is 0 Å². The van der Waals surface area contributed by atoms with Crippen molar-refractivity contribution in [1.82, 2.24) is 9.55 Å². The minimum absolute atomic E-state index is 0.170. The van der Waals surface area contributed by atoms with Gasteiger partial charge in [0, 0.05) is 23.5 Å². The Morgan fingerprint density at radius 3 is 2.72 bits per heavy atom.